The zero-order valence-corrected chi connectivity index (χ0v) is 12.9. The van der Waals surface area contributed by atoms with E-state index in [1.807, 2.05) is 0 Å². The van der Waals surface area contributed by atoms with E-state index in [-0.39, 0.29) is 11.3 Å². The van der Waals surface area contributed by atoms with E-state index in [0.29, 0.717) is 16.1 Å². The third kappa shape index (κ3) is 2.05. The van der Waals surface area contributed by atoms with Crippen molar-refractivity contribution in [3.63, 3.8) is 0 Å². The third-order valence-electron chi connectivity index (χ3n) is 3.59. The first-order chi connectivity index (χ1) is 11.2. The maximum absolute atomic E-state index is 12.8. The molecule has 0 aliphatic rings. The Morgan fingerprint density at radius 1 is 1.22 bits per heavy atom. The molecule has 0 radical (unpaired) electrons. The SMILES string of the molecule is COc1ccnc2sc3c(=O)n(-c4ccc(O)cc4)ncc3c12. The molecule has 0 amide bonds. The van der Waals surface area contributed by atoms with Gasteiger partial charge in [0, 0.05) is 11.6 Å². The highest BCUT2D eigenvalue weighted by atomic mass is 32.1. The van der Waals surface area contributed by atoms with Gasteiger partial charge in [-0.25, -0.2) is 4.98 Å². The van der Waals surface area contributed by atoms with E-state index in [4.69, 9.17) is 4.74 Å². The van der Waals surface area contributed by atoms with Crippen LogP contribution >= 0.6 is 11.3 Å². The van der Waals surface area contributed by atoms with Crippen LogP contribution in [0.2, 0.25) is 0 Å². The van der Waals surface area contributed by atoms with Gasteiger partial charge in [-0.15, -0.1) is 11.3 Å². The average Bonchev–Trinajstić information content (AvgIpc) is 2.96. The lowest BCUT2D eigenvalue weighted by Gasteiger charge is -2.04. The number of aromatic hydroxyl groups is 1. The van der Waals surface area contributed by atoms with Crippen molar-refractivity contribution < 1.29 is 9.84 Å². The molecule has 4 rings (SSSR count). The average molecular weight is 325 g/mol. The van der Waals surface area contributed by atoms with Gasteiger partial charge in [-0.05, 0) is 30.3 Å². The highest BCUT2D eigenvalue weighted by molar-refractivity contribution is 7.25. The van der Waals surface area contributed by atoms with E-state index in [1.165, 1.54) is 28.2 Å². The number of hydrogen-bond acceptors (Lipinski definition) is 6. The summed E-state index contributed by atoms with van der Waals surface area (Å²) in [7, 11) is 1.59. The van der Waals surface area contributed by atoms with Crippen molar-refractivity contribution in [2.24, 2.45) is 0 Å². The highest BCUT2D eigenvalue weighted by Gasteiger charge is 2.15. The van der Waals surface area contributed by atoms with Gasteiger partial charge < -0.3 is 9.84 Å². The Morgan fingerprint density at radius 2 is 2.00 bits per heavy atom. The van der Waals surface area contributed by atoms with Crippen LogP contribution in [0.4, 0.5) is 0 Å². The molecule has 23 heavy (non-hydrogen) atoms. The lowest BCUT2D eigenvalue weighted by molar-refractivity contribution is 0.420. The number of methoxy groups -OCH3 is 1. The summed E-state index contributed by atoms with van der Waals surface area (Å²) in [5.74, 6) is 0.809. The van der Waals surface area contributed by atoms with Crippen molar-refractivity contribution in [2.75, 3.05) is 7.11 Å². The first-order valence-corrected chi connectivity index (χ1v) is 7.63. The molecule has 0 saturated heterocycles. The summed E-state index contributed by atoms with van der Waals surface area (Å²) >= 11 is 1.32. The molecule has 0 aliphatic heterocycles. The number of pyridine rings is 1. The van der Waals surface area contributed by atoms with Crippen molar-refractivity contribution in [3.05, 3.63) is 53.1 Å². The molecule has 4 aromatic rings. The molecule has 0 unspecified atom stereocenters. The predicted octanol–water partition coefficient (Wildman–Crippen LogP) is 2.71. The van der Waals surface area contributed by atoms with Crippen molar-refractivity contribution in [2.45, 2.75) is 0 Å². The molecule has 0 aliphatic carbocycles. The van der Waals surface area contributed by atoms with E-state index in [1.54, 1.807) is 37.7 Å². The number of ether oxygens (including phenoxy) is 1. The summed E-state index contributed by atoms with van der Waals surface area (Å²) in [5.41, 5.74) is 0.366. The first kappa shape index (κ1) is 13.7. The topological polar surface area (TPSA) is 77.2 Å². The molecule has 3 heterocycles. The van der Waals surface area contributed by atoms with Crippen LogP contribution in [-0.4, -0.2) is 27.0 Å². The summed E-state index contributed by atoms with van der Waals surface area (Å²) in [6.07, 6.45) is 3.30. The second-order valence-corrected chi connectivity index (χ2v) is 5.92. The van der Waals surface area contributed by atoms with E-state index >= 15 is 0 Å². The van der Waals surface area contributed by atoms with Gasteiger partial charge in [0.1, 0.15) is 21.0 Å². The fourth-order valence-electron chi connectivity index (χ4n) is 2.51. The molecule has 7 heteroatoms. The van der Waals surface area contributed by atoms with Crippen LogP contribution in [-0.2, 0) is 0 Å². The van der Waals surface area contributed by atoms with Crippen LogP contribution in [0.1, 0.15) is 0 Å². The Bertz CT molecular complexity index is 1080. The van der Waals surface area contributed by atoms with Gasteiger partial charge in [0.15, 0.2) is 0 Å². The number of nitrogens with zero attached hydrogens (tertiary/aromatic N) is 3. The predicted molar refractivity (Wildman–Crippen MR) is 88.7 cm³/mol. The van der Waals surface area contributed by atoms with Gasteiger partial charge >= 0.3 is 0 Å². The first-order valence-electron chi connectivity index (χ1n) is 6.82. The molecule has 3 aromatic heterocycles. The van der Waals surface area contributed by atoms with Gasteiger partial charge in [0.2, 0.25) is 0 Å². The zero-order chi connectivity index (χ0) is 16.0. The molecule has 0 atom stereocenters. The van der Waals surface area contributed by atoms with Crippen molar-refractivity contribution >= 4 is 31.6 Å². The van der Waals surface area contributed by atoms with Gasteiger partial charge in [0.25, 0.3) is 5.56 Å². The molecule has 0 saturated carbocycles. The quantitative estimate of drug-likeness (QED) is 0.613. The molecule has 6 nitrogen and oxygen atoms in total. The molecular weight excluding hydrogens is 314 g/mol. The van der Waals surface area contributed by atoms with E-state index in [0.717, 1.165) is 15.6 Å². The standard InChI is InChI=1S/C16H11N3O3S/c1-22-12-6-7-17-15-13(12)11-8-18-19(16(21)14(11)23-15)9-2-4-10(20)5-3-9/h2-8,20H,1H3. The largest absolute Gasteiger partial charge is 0.508 e. The zero-order valence-electron chi connectivity index (χ0n) is 12.1. The molecule has 0 fully saturated rings. The Balaban J connectivity index is 2.04. The number of hydrogen-bond donors (Lipinski definition) is 1. The smallest absolute Gasteiger partial charge is 0.289 e. The molecule has 114 valence electrons. The molecule has 1 aromatic carbocycles. The third-order valence-corrected chi connectivity index (χ3v) is 4.70. The lowest BCUT2D eigenvalue weighted by Crippen LogP contribution is -2.19. The normalized spacial score (nSPS) is 11.2. The van der Waals surface area contributed by atoms with Crippen LogP contribution < -0.4 is 10.3 Å². The summed E-state index contributed by atoms with van der Waals surface area (Å²) < 4.78 is 7.24. The maximum Gasteiger partial charge on any atom is 0.289 e. The number of thiophene rings is 1. The number of aromatic nitrogens is 3. The van der Waals surface area contributed by atoms with E-state index in [2.05, 4.69) is 10.1 Å². The van der Waals surface area contributed by atoms with Crippen molar-refractivity contribution in [3.8, 4) is 17.2 Å². The minimum atomic E-state index is -0.224. The van der Waals surface area contributed by atoms with Crippen LogP contribution in [0.5, 0.6) is 11.5 Å². The van der Waals surface area contributed by atoms with Crippen molar-refractivity contribution in [1.29, 1.82) is 0 Å². The Labute approximate surface area is 134 Å². The summed E-state index contributed by atoms with van der Waals surface area (Å²) in [6.45, 7) is 0. The van der Waals surface area contributed by atoms with Crippen LogP contribution in [0.3, 0.4) is 0 Å². The second-order valence-electron chi connectivity index (χ2n) is 4.92. The van der Waals surface area contributed by atoms with Crippen LogP contribution in [0, 0.1) is 0 Å². The number of rotatable bonds is 2. The number of phenolic OH excluding ortho intramolecular Hbond substituents is 1. The minimum absolute atomic E-state index is 0.138. The van der Waals surface area contributed by atoms with E-state index in [9.17, 15) is 9.90 Å². The fraction of sp³-hybridized carbons (Fsp3) is 0.0625. The van der Waals surface area contributed by atoms with Crippen LogP contribution in [0.25, 0.3) is 26.0 Å². The van der Waals surface area contributed by atoms with E-state index < -0.39 is 0 Å². The van der Waals surface area contributed by atoms with Gasteiger partial charge in [-0.1, -0.05) is 0 Å². The van der Waals surface area contributed by atoms with Gasteiger partial charge in [-0.2, -0.15) is 9.78 Å². The number of phenols is 1. The van der Waals surface area contributed by atoms with Crippen LogP contribution in [0.15, 0.2) is 47.5 Å². The fourth-order valence-corrected chi connectivity index (χ4v) is 3.57. The van der Waals surface area contributed by atoms with Gasteiger partial charge in [-0.3, -0.25) is 4.79 Å². The Morgan fingerprint density at radius 3 is 2.74 bits per heavy atom. The number of benzene rings is 1. The summed E-state index contributed by atoms with van der Waals surface area (Å²) in [4.78, 5) is 17.8. The second kappa shape index (κ2) is 5.06. The summed E-state index contributed by atoms with van der Waals surface area (Å²) in [6, 6.07) is 8.08. The Kier molecular flexibility index (Phi) is 3.02. The van der Waals surface area contributed by atoms with Gasteiger partial charge in [0.05, 0.1) is 24.4 Å². The molecule has 0 spiro atoms. The van der Waals surface area contributed by atoms with Crippen molar-refractivity contribution in [1.82, 2.24) is 14.8 Å². The highest BCUT2D eigenvalue weighted by Crippen LogP contribution is 2.35. The maximum atomic E-state index is 12.8. The molecule has 1 N–H and O–H groups in total. The molecule has 0 bridgehead atoms. The monoisotopic (exact) mass is 325 g/mol. The number of fused-ring (bicyclic) bond motifs is 3. The lowest BCUT2D eigenvalue weighted by atomic mass is 10.2. The minimum Gasteiger partial charge on any atom is -0.508 e. The molecular formula is C16H11N3O3S. The summed E-state index contributed by atoms with van der Waals surface area (Å²) in [5, 5.41) is 15.2. The Hall–Kier alpha value is -2.93.